The highest BCUT2D eigenvalue weighted by molar-refractivity contribution is 5.85. The molecule has 23 heavy (non-hydrogen) atoms. The summed E-state index contributed by atoms with van der Waals surface area (Å²) in [4.78, 5) is 16.5. The van der Waals surface area contributed by atoms with Gasteiger partial charge in [-0.25, -0.2) is 0 Å². The van der Waals surface area contributed by atoms with Crippen LogP contribution in [0.4, 0.5) is 5.82 Å². The third kappa shape index (κ3) is 4.67. The average molecular weight is 364 g/mol. The van der Waals surface area contributed by atoms with E-state index in [0.717, 1.165) is 31.7 Å². The fraction of sp³-hybridized carbons (Fsp3) is 0.643. The van der Waals surface area contributed by atoms with Crippen LogP contribution in [0.3, 0.4) is 0 Å². The summed E-state index contributed by atoms with van der Waals surface area (Å²) in [6.07, 6.45) is 3.06. The number of ether oxygens (including phenoxy) is 1. The lowest BCUT2D eigenvalue weighted by Crippen LogP contribution is -2.51. The predicted octanol–water partition coefficient (Wildman–Crippen LogP) is 0.475. The Morgan fingerprint density at radius 3 is 2.57 bits per heavy atom. The van der Waals surface area contributed by atoms with Gasteiger partial charge in [-0.1, -0.05) is 0 Å². The number of rotatable bonds is 3. The lowest BCUT2D eigenvalue weighted by atomic mass is 10.1. The van der Waals surface area contributed by atoms with Crippen molar-refractivity contribution in [2.75, 3.05) is 37.6 Å². The number of amides is 1. The topological polar surface area (TPSA) is 84.6 Å². The number of hydrogen-bond donors (Lipinski definition) is 1. The Labute approximate surface area is 148 Å². The van der Waals surface area contributed by atoms with Crippen LogP contribution in [0.5, 0.6) is 0 Å². The summed E-state index contributed by atoms with van der Waals surface area (Å²) in [6, 6.07) is 3.82. The van der Waals surface area contributed by atoms with Crippen LogP contribution in [0.2, 0.25) is 0 Å². The molecule has 0 aromatic carbocycles. The Bertz CT molecular complexity index is 485. The van der Waals surface area contributed by atoms with Gasteiger partial charge in [0.15, 0.2) is 5.82 Å². The second kappa shape index (κ2) is 9.22. The molecular formula is C14H23Cl2N5O2. The molecule has 3 rings (SSSR count). The first-order chi connectivity index (χ1) is 10.3. The van der Waals surface area contributed by atoms with Gasteiger partial charge in [-0.3, -0.25) is 4.79 Å². The first-order valence-electron chi connectivity index (χ1n) is 7.45. The van der Waals surface area contributed by atoms with E-state index in [1.807, 2.05) is 17.0 Å². The minimum absolute atomic E-state index is 0. The van der Waals surface area contributed by atoms with Crippen molar-refractivity contribution in [3.63, 3.8) is 0 Å². The lowest BCUT2D eigenvalue weighted by Gasteiger charge is -2.36. The van der Waals surface area contributed by atoms with Gasteiger partial charge in [0.1, 0.15) is 6.10 Å². The molecule has 0 spiro atoms. The molecule has 130 valence electrons. The van der Waals surface area contributed by atoms with Gasteiger partial charge in [0.25, 0.3) is 5.91 Å². The lowest BCUT2D eigenvalue weighted by molar-refractivity contribution is -0.143. The third-order valence-corrected chi connectivity index (χ3v) is 4.12. The molecule has 0 bridgehead atoms. The van der Waals surface area contributed by atoms with Crippen LogP contribution in [-0.2, 0) is 9.53 Å². The van der Waals surface area contributed by atoms with E-state index in [1.54, 1.807) is 6.20 Å². The summed E-state index contributed by atoms with van der Waals surface area (Å²) in [7, 11) is 0. The van der Waals surface area contributed by atoms with E-state index in [2.05, 4.69) is 15.1 Å². The van der Waals surface area contributed by atoms with Gasteiger partial charge in [0.2, 0.25) is 0 Å². The van der Waals surface area contributed by atoms with Gasteiger partial charge in [-0.2, -0.15) is 5.10 Å². The zero-order valence-corrected chi connectivity index (χ0v) is 14.5. The smallest absolute Gasteiger partial charge is 0.251 e. The Morgan fingerprint density at radius 1 is 1.26 bits per heavy atom. The molecule has 0 unspecified atom stereocenters. The van der Waals surface area contributed by atoms with E-state index in [1.165, 1.54) is 0 Å². The molecule has 3 heterocycles. The van der Waals surface area contributed by atoms with Gasteiger partial charge in [-0.05, 0) is 25.0 Å². The molecule has 2 saturated heterocycles. The van der Waals surface area contributed by atoms with Gasteiger partial charge in [0.05, 0.1) is 6.10 Å². The third-order valence-electron chi connectivity index (χ3n) is 4.12. The van der Waals surface area contributed by atoms with Crippen LogP contribution in [-0.4, -0.2) is 65.9 Å². The molecule has 7 nitrogen and oxygen atoms in total. The van der Waals surface area contributed by atoms with Crippen LogP contribution in [0.25, 0.3) is 0 Å². The van der Waals surface area contributed by atoms with Crippen LogP contribution in [0.1, 0.15) is 12.8 Å². The number of hydrogen-bond acceptors (Lipinski definition) is 6. The van der Waals surface area contributed by atoms with Crippen molar-refractivity contribution in [2.45, 2.75) is 25.0 Å². The molecular weight excluding hydrogens is 341 g/mol. The number of carbonyl (C=O) groups excluding carboxylic acids is 1. The van der Waals surface area contributed by atoms with E-state index < -0.39 is 0 Å². The summed E-state index contributed by atoms with van der Waals surface area (Å²) in [6.45, 7) is 3.43. The monoisotopic (exact) mass is 363 g/mol. The minimum atomic E-state index is -0.304. The summed E-state index contributed by atoms with van der Waals surface area (Å²) in [5, 5.41) is 8.00. The average Bonchev–Trinajstić information content (AvgIpc) is 3.04. The quantitative estimate of drug-likeness (QED) is 0.840. The van der Waals surface area contributed by atoms with Crippen molar-refractivity contribution in [1.82, 2.24) is 15.1 Å². The highest BCUT2D eigenvalue weighted by atomic mass is 35.5. The van der Waals surface area contributed by atoms with Crippen molar-refractivity contribution >= 4 is 36.5 Å². The van der Waals surface area contributed by atoms with Crippen molar-refractivity contribution < 1.29 is 9.53 Å². The molecule has 2 N–H and O–H groups in total. The van der Waals surface area contributed by atoms with Crippen molar-refractivity contribution in [3.8, 4) is 0 Å². The van der Waals surface area contributed by atoms with Crippen LogP contribution in [0.15, 0.2) is 18.3 Å². The fourth-order valence-corrected chi connectivity index (χ4v) is 2.88. The molecule has 0 aliphatic carbocycles. The number of aromatic nitrogens is 2. The maximum Gasteiger partial charge on any atom is 0.251 e. The number of nitrogens with zero attached hydrogens (tertiary/aromatic N) is 4. The number of carbonyl (C=O) groups is 1. The second-order valence-electron chi connectivity index (χ2n) is 5.45. The maximum atomic E-state index is 12.4. The molecule has 2 atom stereocenters. The van der Waals surface area contributed by atoms with Crippen molar-refractivity contribution in [1.29, 1.82) is 0 Å². The minimum Gasteiger partial charge on any atom is -0.364 e. The molecule has 2 fully saturated rings. The number of piperazine rings is 1. The van der Waals surface area contributed by atoms with E-state index in [4.69, 9.17) is 10.5 Å². The highest BCUT2D eigenvalue weighted by Gasteiger charge is 2.34. The van der Waals surface area contributed by atoms with E-state index >= 15 is 0 Å². The predicted molar refractivity (Wildman–Crippen MR) is 92.3 cm³/mol. The van der Waals surface area contributed by atoms with E-state index in [-0.39, 0.29) is 42.9 Å². The van der Waals surface area contributed by atoms with Gasteiger partial charge in [0, 0.05) is 38.9 Å². The molecule has 2 aliphatic heterocycles. The second-order valence-corrected chi connectivity index (χ2v) is 5.45. The fourth-order valence-electron chi connectivity index (χ4n) is 2.88. The summed E-state index contributed by atoms with van der Waals surface area (Å²) in [5.74, 6) is 0.967. The Kier molecular flexibility index (Phi) is 7.98. The molecule has 1 amide bonds. The summed E-state index contributed by atoms with van der Waals surface area (Å²) < 4.78 is 5.68. The number of halogens is 2. The maximum absolute atomic E-state index is 12.4. The number of anilines is 1. The van der Waals surface area contributed by atoms with Crippen LogP contribution in [0, 0.1) is 0 Å². The Hall–Kier alpha value is -1.15. The normalized spacial score (nSPS) is 23.9. The van der Waals surface area contributed by atoms with E-state index in [0.29, 0.717) is 19.6 Å². The van der Waals surface area contributed by atoms with Crippen LogP contribution >= 0.6 is 24.8 Å². The van der Waals surface area contributed by atoms with Crippen molar-refractivity contribution in [2.24, 2.45) is 5.73 Å². The zero-order chi connectivity index (χ0) is 14.7. The Morgan fingerprint density at radius 2 is 2.00 bits per heavy atom. The molecule has 1 aromatic rings. The zero-order valence-electron chi connectivity index (χ0n) is 12.8. The summed E-state index contributed by atoms with van der Waals surface area (Å²) >= 11 is 0. The first-order valence-corrected chi connectivity index (χ1v) is 7.45. The van der Waals surface area contributed by atoms with Gasteiger partial charge in [-0.15, -0.1) is 29.9 Å². The summed E-state index contributed by atoms with van der Waals surface area (Å²) in [5.41, 5.74) is 5.59. The van der Waals surface area contributed by atoms with Gasteiger partial charge < -0.3 is 20.3 Å². The molecule has 1 aromatic heterocycles. The molecule has 0 radical (unpaired) electrons. The highest BCUT2D eigenvalue weighted by Crippen LogP contribution is 2.21. The Balaban J connectivity index is 0.00000132. The molecule has 2 aliphatic rings. The van der Waals surface area contributed by atoms with Gasteiger partial charge >= 0.3 is 0 Å². The van der Waals surface area contributed by atoms with E-state index in [9.17, 15) is 4.79 Å². The van der Waals surface area contributed by atoms with Crippen molar-refractivity contribution in [3.05, 3.63) is 18.3 Å². The first kappa shape index (κ1) is 19.9. The molecule has 0 saturated carbocycles. The SMILES string of the molecule is Cl.Cl.NC[C@H]1CC[C@@H](C(=O)N2CCN(c3cccnn3)CC2)O1. The van der Waals surface area contributed by atoms with Crippen LogP contribution < -0.4 is 10.6 Å². The largest absolute Gasteiger partial charge is 0.364 e. The molecule has 9 heteroatoms. The standard InChI is InChI=1S/C14H21N5O2.2ClH/c15-10-11-3-4-12(21-11)14(20)19-8-6-18(7-9-19)13-2-1-5-16-17-13;;/h1-2,5,11-12H,3-4,6-10,15H2;2*1H/t11-,12+;;/m1../s1. The number of nitrogens with two attached hydrogens (primary N) is 1.